The molecule has 1 aromatic carbocycles. The summed E-state index contributed by atoms with van der Waals surface area (Å²) in [5.74, 6) is -3.04. The van der Waals surface area contributed by atoms with Crippen LogP contribution in [0, 0.1) is 11.6 Å². The van der Waals surface area contributed by atoms with Crippen molar-refractivity contribution in [3.8, 4) is 0 Å². The number of halogens is 2. The van der Waals surface area contributed by atoms with Gasteiger partial charge in [0.2, 0.25) is 0 Å². The Bertz CT molecular complexity index is 990. The predicted octanol–water partition coefficient (Wildman–Crippen LogP) is 3.24. The zero-order valence-corrected chi connectivity index (χ0v) is 15.7. The molecule has 0 unspecified atom stereocenters. The summed E-state index contributed by atoms with van der Waals surface area (Å²) in [6, 6.07) is 3.18. The molecule has 2 N–H and O–H groups in total. The smallest absolute Gasteiger partial charge is 0.339 e. The van der Waals surface area contributed by atoms with Gasteiger partial charge in [0.05, 0.1) is 11.9 Å². The first-order valence-corrected chi connectivity index (χ1v) is 10.2. The van der Waals surface area contributed by atoms with Crippen molar-refractivity contribution < 1.29 is 27.1 Å². The van der Waals surface area contributed by atoms with Crippen molar-refractivity contribution in [2.45, 2.75) is 30.6 Å². The minimum absolute atomic E-state index is 0.153. The summed E-state index contributed by atoms with van der Waals surface area (Å²) in [4.78, 5) is 16.8. The quantitative estimate of drug-likeness (QED) is 0.784. The van der Waals surface area contributed by atoms with E-state index in [-0.39, 0.29) is 17.1 Å². The maximum Gasteiger partial charge on any atom is 0.339 e. The minimum atomic E-state index is -4.46. The highest BCUT2D eigenvalue weighted by molar-refractivity contribution is 7.92. The number of sulfonamides is 1. The summed E-state index contributed by atoms with van der Waals surface area (Å²) >= 11 is 0. The van der Waals surface area contributed by atoms with Crippen molar-refractivity contribution in [1.29, 1.82) is 0 Å². The Kier molecular flexibility index (Phi) is 5.78. The second-order valence-electron chi connectivity index (χ2n) is 6.48. The lowest BCUT2D eigenvalue weighted by Crippen LogP contribution is -2.27. The number of hydrogen-bond acceptors (Lipinski definition) is 5. The number of rotatable bonds is 5. The molecule has 0 atom stereocenters. The Morgan fingerprint density at radius 3 is 2.43 bits per heavy atom. The fourth-order valence-corrected chi connectivity index (χ4v) is 4.22. The molecule has 1 saturated heterocycles. The van der Waals surface area contributed by atoms with E-state index in [0.717, 1.165) is 37.8 Å². The van der Waals surface area contributed by atoms with E-state index in [2.05, 4.69) is 9.71 Å². The zero-order valence-electron chi connectivity index (χ0n) is 14.9. The molecule has 10 heteroatoms. The fraction of sp³-hybridized carbons (Fsp3) is 0.333. The highest BCUT2D eigenvalue weighted by Crippen LogP contribution is 2.26. The first-order valence-electron chi connectivity index (χ1n) is 8.74. The zero-order chi connectivity index (χ0) is 20.3. The highest BCUT2D eigenvalue weighted by atomic mass is 32.2. The lowest BCUT2D eigenvalue weighted by Gasteiger charge is -2.23. The number of nitrogens with zero attached hydrogens (tertiary/aromatic N) is 2. The molecule has 28 heavy (non-hydrogen) atoms. The van der Waals surface area contributed by atoms with Crippen molar-refractivity contribution >= 4 is 27.5 Å². The second kappa shape index (κ2) is 8.09. The Labute approximate surface area is 161 Å². The van der Waals surface area contributed by atoms with Crippen molar-refractivity contribution in [3.63, 3.8) is 0 Å². The van der Waals surface area contributed by atoms with Gasteiger partial charge in [-0.3, -0.25) is 4.72 Å². The molecule has 1 aliphatic rings. The summed E-state index contributed by atoms with van der Waals surface area (Å²) in [5, 5.41) is 9.53. The Morgan fingerprint density at radius 2 is 1.79 bits per heavy atom. The van der Waals surface area contributed by atoms with Gasteiger partial charge in [0.25, 0.3) is 10.0 Å². The summed E-state index contributed by atoms with van der Waals surface area (Å²) in [7, 11) is -4.46. The first kappa shape index (κ1) is 20.0. The van der Waals surface area contributed by atoms with Gasteiger partial charge in [-0.05, 0) is 37.1 Å². The maximum absolute atomic E-state index is 13.8. The second-order valence-corrected chi connectivity index (χ2v) is 8.13. The van der Waals surface area contributed by atoms with Gasteiger partial charge < -0.3 is 10.0 Å². The number of anilines is 2. The molecular formula is C18H19F2N3O4S. The van der Waals surface area contributed by atoms with Crippen LogP contribution >= 0.6 is 0 Å². The number of carboxylic acid groups (broad SMARTS) is 1. The average Bonchev–Trinajstić information content (AvgIpc) is 2.92. The number of pyridine rings is 1. The van der Waals surface area contributed by atoms with Crippen LogP contribution in [0.25, 0.3) is 0 Å². The van der Waals surface area contributed by atoms with E-state index in [1.807, 2.05) is 4.90 Å². The van der Waals surface area contributed by atoms with Crippen molar-refractivity contribution in [1.82, 2.24) is 4.98 Å². The number of carboxylic acids is 1. The largest absolute Gasteiger partial charge is 0.478 e. The lowest BCUT2D eigenvalue weighted by atomic mass is 10.2. The highest BCUT2D eigenvalue weighted by Gasteiger charge is 2.23. The summed E-state index contributed by atoms with van der Waals surface area (Å²) in [6.07, 6.45) is 5.09. The van der Waals surface area contributed by atoms with Crippen LogP contribution < -0.4 is 9.62 Å². The van der Waals surface area contributed by atoms with Gasteiger partial charge in [0.1, 0.15) is 27.9 Å². The van der Waals surface area contributed by atoms with Crippen LogP contribution in [0.3, 0.4) is 0 Å². The minimum Gasteiger partial charge on any atom is -0.478 e. The standard InChI is InChI=1S/C18H19F2N3O4S/c19-12-5-6-15(20)16(9-12)28(26,27)22-13-10-14(18(24)25)17(21-11-13)23-7-3-1-2-4-8-23/h5-6,9-11,22H,1-4,7-8H2,(H,24,25). The molecule has 0 bridgehead atoms. The molecule has 0 amide bonds. The molecule has 7 nitrogen and oxygen atoms in total. The molecule has 3 rings (SSSR count). The summed E-state index contributed by atoms with van der Waals surface area (Å²) in [6.45, 7) is 1.32. The molecule has 0 saturated carbocycles. The van der Waals surface area contributed by atoms with E-state index in [1.54, 1.807) is 0 Å². The fourth-order valence-electron chi connectivity index (χ4n) is 3.10. The average molecular weight is 411 g/mol. The molecule has 150 valence electrons. The van der Waals surface area contributed by atoms with Crippen molar-refractivity contribution in [2.24, 2.45) is 0 Å². The Hall–Kier alpha value is -2.75. The molecule has 0 aliphatic carbocycles. The van der Waals surface area contributed by atoms with Crippen LogP contribution in [0.1, 0.15) is 36.0 Å². The van der Waals surface area contributed by atoms with E-state index in [0.29, 0.717) is 25.2 Å². The van der Waals surface area contributed by atoms with Gasteiger partial charge in [-0.2, -0.15) is 0 Å². The topological polar surface area (TPSA) is 99.6 Å². The van der Waals surface area contributed by atoms with Gasteiger partial charge in [-0.25, -0.2) is 27.0 Å². The number of hydrogen-bond donors (Lipinski definition) is 2. The molecule has 1 aliphatic heterocycles. The number of carbonyl (C=O) groups is 1. The Morgan fingerprint density at radius 1 is 1.11 bits per heavy atom. The van der Waals surface area contributed by atoms with Gasteiger partial charge in [-0.1, -0.05) is 12.8 Å². The van der Waals surface area contributed by atoms with Crippen LogP contribution in [0.15, 0.2) is 35.4 Å². The third kappa shape index (κ3) is 4.38. The summed E-state index contributed by atoms with van der Waals surface area (Å²) in [5.41, 5.74) is -0.318. The Balaban J connectivity index is 1.93. The number of aromatic carboxylic acids is 1. The lowest BCUT2D eigenvalue weighted by molar-refractivity contribution is 0.0697. The number of aromatic nitrogens is 1. The molecule has 0 spiro atoms. The monoisotopic (exact) mass is 411 g/mol. The molecule has 2 aromatic rings. The van der Waals surface area contributed by atoms with Gasteiger partial charge >= 0.3 is 5.97 Å². The van der Waals surface area contributed by atoms with E-state index in [4.69, 9.17) is 0 Å². The number of nitrogens with one attached hydrogen (secondary N) is 1. The normalized spacial score (nSPS) is 15.1. The van der Waals surface area contributed by atoms with E-state index in [9.17, 15) is 27.1 Å². The third-order valence-electron chi connectivity index (χ3n) is 4.44. The van der Waals surface area contributed by atoms with Crippen LogP contribution in [-0.2, 0) is 10.0 Å². The van der Waals surface area contributed by atoms with Crippen LogP contribution in [-0.4, -0.2) is 37.6 Å². The predicted molar refractivity (Wildman–Crippen MR) is 99.0 cm³/mol. The maximum atomic E-state index is 13.8. The summed E-state index contributed by atoms with van der Waals surface area (Å²) < 4.78 is 54.0. The van der Waals surface area contributed by atoms with Gasteiger partial charge in [-0.15, -0.1) is 0 Å². The molecule has 1 aromatic heterocycles. The SMILES string of the molecule is O=C(O)c1cc(NS(=O)(=O)c2cc(F)ccc2F)cnc1N1CCCCCC1. The van der Waals surface area contributed by atoms with Gasteiger partial charge in [0.15, 0.2) is 0 Å². The van der Waals surface area contributed by atoms with Gasteiger partial charge in [0, 0.05) is 13.1 Å². The third-order valence-corrected chi connectivity index (χ3v) is 5.83. The molecule has 2 heterocycles. The molecule has 0 radical (unpaired) electrons. The number of benzene rings is 1. The van der Waals surface area contributed by atoms with E-state index >= 15 is 0 Å². The first-order chi connectivity index (χ1) is 13.3. The van der Waals surface area contributed by atoms with E-state index in [1.165, 1.54) is 6.20 Å². The van der Waals surface area contributed by atoms with Crippen LogP contribution in [0.4, 0.5) is 20.3 Å². The van der Waals surface area contributed by atoms with E-state index < -0.39 is 32.5 Å². The van der Waals surface area contributed by atoms with Crippen molar-refractivity contribution in [2.75, 3.05) is 22.7 Å². The van der Waals surface area contributed by atoms with Crippen LogP contribution in [0.5, 0.6) is 0 Å². The van der Waals surface area contributed by atoms with Crippen LogP contribution in [0.2, 0.25) is 0 Å². The van der Waals surface area contributed by atoms with Crippen molar-refractivity contribution in [3.05, 3.63) is 47.7 Å². The molecular weight excluding hydrogens is 392 g/mol. The molecule has 1 fully saturated rings.